The summed E-state index contributed by atoms with van der Waals surface area (Å²) in [7, 11) is 1.49. The Morgan fingerprint density at radius 2 is 1.85 bits per heavy atom. The first kappa shape index (κ1) is 23.2. The van der Waals surface area contributed by atoms with Crippen LogP contribution in [-0.2, 0) is 9.47 Å². The number of benzene rings is 2. The summed E-state index contributed by atoms with van der Waals surface area (Å²) < 4.78 is 30.7. The maximum atomic E-state index is 13.9. The minimum atomic E-state index is -0.781. The average molecular weight is 458 g/mol. The van der Waals surface area contributed by atoms with Crippen molar-refractivity contribution in [1.29, 1.82) is 0 Å². The van der Waals surface area contributed by atoms with Crippen molar-refractivity contribution in [1.82, 2.24) is 10.6 Å². The number of rotatable bonds is 7. The first-order valence-corrected chi connectivity index (χ1v) is 11.0. The number of alkyl halides is 1. The summed E-state index contributed by atoms with van der Waals surface area (Å²) >= 11 is 0. The monoisotopic (exact) mass is 457 g/mol. The van der Waals surface area contributed by atoms with Crippen LogP contribution in [0.25, 0.3) is 0 Å². The molecule has 2 aromatic rings. The number of hydrogen-bond acceptors (Lipinski definition) is 6. The van der Waals surface area contributed by atoms with Crippen LogP contribution in [0.1, 0.15) is 44.2 Å². The van der Waals surface area contributed by atoms with E-state index in [4.69, 9.17) is 19.9 Å². The maximum absolute atomic E-state index is 13.9. The highest BCUT2D eigenvalue weighted by atomic mass is 19.1. The van der Waals surface area contributed by atoms with Gasteiger partial charge >= 0.3 is 0 Å². The lowest BCUT2D eigenvalue weighted by Crippen LogP contribution is -2.42. The Kier molecular flexibility index (Phi) is 7.22. The zero-order valence-electron chi connectivity index (χ0n) is 18.4. The molecule has 1 fully saturated rings. The van der Waals surface area contributed by atoms with Gasteiger partial charge in [-0.15, -0.1) is 0 Å². The van der Waals surface area contributed by atoms with E-state index in [9.17, 15) is 14.0 Å². The molecule has 2 aliphatic rings. The van der Waals surface area contributed by atoms with Gasteiger partial charge in [-0.2, -0.15) is 0 Å². The smallest absolute Gasteiger partial charge is 0.254 e. The zero-order valence-corrected chi connectivity index (χ0v) is 18.4. The molecule has 0 aliphatic carbocycles. The predicted octanol–water partition coefficient (Wildman–Crippen LogP) is 1.73. The molecule has 4 N–H and O–H groups in total. The molecule has 9 heteroatoms. The molecule has 0 radical (unpaired) electrons. The van der Waals surface area contributed by atoms with Crippen molar-refractivity contribution in [3.05, 3.63) is 64.7 Å². The molecule has 0 bridgehead atoms. The van der Waals surface area contributed by atoms with Crippen LogP contribution in [0.3, 0.4) is 0 Å². The molecule has 33 heavy (non-hydrogen) atoms. The molecule has 0 spiro atoms. The summed E-state index contributed by atoms with van der Waals surface area (Å²) in [6.07, 6.45) is -0.741. The van der Waals surface area contributed by atoms with Gasteiger partial charge in [-0.3, -0.25) is 9.59 Å². The van der Waals surface area contributed by atoms with Gasteiger partial charge in [-0.1, -0.05) is 30.3 Å². The molecule has 2 amide bonds. The standard InChI is InChI=1S/C24H28FN3O5/c1-27-24(30)18-10-15(23(29)28-8-7-20-31-12-16(26)13-32-20)9-17-21(14-5-3-2-4-6-14)19(11-25)33-22(17)18/h2-6,9-10,16,19-21H,7-8,11-13,26H2,1H3,(H,27,30)(H,28,29)/t16?,19-,20?,21+/m1/s1. The maximum Gasteiger partial charge on any atom is 0.254 e. The topological polar surface area (TPSA) is 112 Å². The molecule has 0 saturated carbocycles. The van der Waals surface area contributed by atoms with Gasteiger partial charge in [0.2, 0.25) is 0 Å². The second-order valence-corrected chi connectivity index (χ2v) is 8.12. The Bertz CT molecular complexity index is 995. The number of nitrogens with two attached hydrogens (primary N) is 1. The molecule has 0 aromatic heterocycles. The largest absolute Gasteiger partial charge is 0.486 e. The Balaban J connectivity index is 1.58. The third-order valence-electron chi connectivity index (χ3n) is 5.80. The number of nitrogens with one attached hydrogen (secondary N) is 2. The summed E-state index contributed by atoms with van der Waals surface area (Å²) in [5.74, 6) is -0.892. The summed E-state index contributed by atoms with van der Waals surface area (Å²) in [5, 5.41) is 5.40. The van der Waals surface area contributed by atoms with Crippen molar-refractivity contribution in [2.75, 3.05) is 33.5 Å². The number of ether oxygens (including phenoxy) is 3. The molecule has 2 aliphatic heterocycles. The van der Waals surface area contributed by atoms with E-state index in [0.717, 1.165) is 5.56 Å². The van der Waals surface area contributed by atoms with Gasteiger partial charge in [0.05, 0.1) is 30.7 Å². The second-order valence-electron chi connectivity index (χ2n) is 8.12. The van der Waals surface area contributed by atoms with Crippen molar-refractivity contribution in [2.45, 2.75) is 30.8 Å². The molecular formula is C24H28FN3O5. The van der Waals surface area contributed by atoms with Crippen molar-refractivity contribution < 1.29 is 28.2 Å². The lowest BCUT2D eigenvalue weighted by molar-refractivity contribution is -0.186. The van der Waals surface area contributed by atoms with E-state index < -0.39 is 30.9 Å². The number of fused-ring (bicyclic) bond motifs is 1. The van der Waals surface area contributed by atoms with Crippen molar-refractivity contribution in [3.8, 4) is 5.75 Å². The summed E-state index contributed by atoms with van der Waals surface area (Å²) in [5.41, 5.74) is 7.69. The molecule has 8 nitrogen and oxygen atoms in total. The fourth-order valence-corrected chi connectivity index (χ4v) is 4.17. The quantitative estimate of drug-likeness (QED) is 0.584. The van der Waals surface area contributed by atoms with Gasteiger partial charge in [0.1, 0.15) is 18.5 Å². The van der Waals surface area contributed by atoms with Crippen LogP contribution in [0.5, 0.6) is 5.75 Å². The van der Waals surface area contributed by atoms with Crippen LogP contribution in [0, 0.1) is 0 Å². The van der Waals surface area contributed by atoms with Crippen LogP contribution >= 0.6 is 0 Å². The van der Waals surface area contributed by atoms with Gasteiger partial charge in [0.25, 0.3) is 11.8 Å². The van der Waals surface area contributed by atoms with Crippen molar-refractivity contribution in [3.63, 3.8) is 0 Å². The van der Waals surface area contributed by atoms with Crippen LogP contribution in [-0.4, -0.2) is 63.7 Å². The van der Waals surface area contributed by atoms with Crippen molar-refractivity contribution in [2.24, 2.45) is 5.73 Å². The van der Waals surface area contributed by atoms with Crippen LogP contribution < -0.4 is 21.1 Å². The van der Waals surface area contributed by atoms with E-state index in [2.05, 4.69) is 10.6 Å². The number of hydrogen-bond donors (Lipinski definition) is 3. The number of amides is 2. The Labute approximate surface area is 191 Å². The average Bonchev–Trinajstić information content (AvgIpc) is 3.23. The normalized spacial score (nSPS) is 24.0. The van der Waals surface area contributed by atoms with Gasteiger partial charge in [-0.05, 0) is 17.7 Å². The molecule has 2 aromatic carbocycles. The molecule has 2 heterocycles. The van der Waals surface area contributed by atoms with Crippen LogP contribution in [0.15, 0.2) is 42.5 Å². The highest BCUT2D eigenvalue weighted by Crippen LogP contribution is 2.45. The Morgan fingerprint density at radius 1 is 1.12 bits per heavy atom. The van der Waals surface area contributed by atoms with Crippen LogP contribution in [0.4, 0.5) is 4.39 Å². The van der Waals surface area contributed by atoms with E-state index >= 15 is 0 Å². The Hall–Kier alpha value is -3.01. The molecule has 0 unspecified atom stereocenters. The highest BCUT2D eigenvalue weighted by Gasteiger charge is 2.39. The highest BCUT2D eigenvalue weighted by molar-refractivity contribution is 6.02. The first-order chi connectivity index (χ1) is 16.0. The third-order valence-corrected chi connectivity index (χ3v) is 5.80. The third kappa shape index (κ3) is 5.00. The molecule has 4 rings (SSSR count). The van der Waals surface area contributed by atoms with E-state index in [1.54, 1.807) is 6.07 Å². The summed E-state index contributed by atoms with van der Waals surface area (Å²) in [6.45, 7) is 0.413. The van der Waals surface area contributed by atoms with Crippen LogP contribution in [0.2, 0.25) is 0 Å². The van der Waals surface area contributed by atoms with Gasteiger partial charge in [-0.25, -0.2) is 4.39 Å². The number of halogens is 1. The molecule has 176 valence electrons. The van der Waals surface area contributed by atoms with E-state index in [-0.39, 0.29) is 17.5 Å². The molecular weight excluding hydrogens is 429 g/mol. The summed E-state index contributed by atoms with van der Waals surface area (Å²) in [4.78, 5) is 25.5. The van der Waals surface area contributed by atoms with Gasteiger partial charge in [0, 0.05) is 31.1 Å². The van der Waals surface area contributed by atoms with E-state index in [1.165, 1.54) is 13.1 Å². The van der Waals surface area contributed by atoms with Gasteiger partial charge < -0.3 is 30.6 Å². The van der Waals surface area contributed by atoms with Crippen molar-refractivity contribution >= 4 is 11.8 Å². The predicted molar refractivity (Wildman–Crippen MR) is 119 cm³/mol. The molecule has 1 saturated heterocycles. The van der Waals surface area contributed by atoms with Gasteiger partial charge in [0.15, 0.2) is 6.29 Å². The fraction of sp³-hybridized carbons (Fsp3) is 0.417. The second kappa shape index (κ2) is 10.3. The van der Waals surface area contributed by atoms with E-state index in [1.807, 2.05) is 30.3 Å². The minimum absolute atomic E-state index is 0.140. The van der Waals surface area contributed by atoms with E-state index in [0.29, 0.717) is 43.1 Å². The minimum Gasteiger partial charge on any atom is -0.486 e. The zero-order chi connectivity index (χ0) is 23.4. The number of carbonyl (C=O) groups excluding carboxylic acids is 2. The molecule has 2 atom stereocenters. The summed E-state index contributed by atoms with van der Waals surface area (Å²) in [6, 6.07) is 12.4. The SMILES string of the molecule is CNC(=O)c1cc(C(=O)NCCC2OCC(N)CO2)cc2c1O[C@H](CF)[C@H]2c1ccccc1. The lowest BCUT2D eigenvalue weighted by atomic mass is 9.86. The Morgan fingerprint density at radius 3 is 2.52 bits per heavy atom. The fourth-order valence-electron chi connectivity index (χ4n) is 4.17. The first-order valence-electron chi connectivity index (χ1n) is 11.0. The number of carbonyl (C=O) groups is 2. The lowest BCUT2D eigenvalue weighted by Gasteiger charge is -2.27.